The molecule has 0 bridgehead atoms. The molecule has 1 aliphatic heterocycles. The van der Waals surface area contributed by atoms with Crippen molar-refractivity contribution in [3.8, 4) is 5.75 Å². The Kier molecular flexibility index (Phi) is 9.08. The summed E-state index contributed by atoms with van der Waals surface area (Å²) in [5.41, 5.74) is 1.47. The van der Waals surface area contributed by atoms with Gasteiger partial charge in [0.2, 0.25) is 5.91 Å². The Morgan fingerprint density at radius 2 is 1.65 bits per heavy atom. The fraction of sp³-hybridized carbons (Fsp3) is 0.444. The van der Waals surface area contributed by atoms with Crippen molar-refractivity contribution >= 4 is 17.7 Å². The number of hydrogen-bond acceptors (Lipinski definition) is 4. The number of likely N-dealkylation sites (tertiary alicyclic amines) is 1. The van der Waals surface area contributed by atoms with Crippen LogP contribution in [-0.2, 0) is 16.1 Å². The first-order chi connectivity index (χ1) is 16.4. The smallest absolute Gasteiger partial charge is 0.260 e. The quantitative estimate of drug-likeness (QED) is 0.613. The van der Waals surface area contributed by atoms with Gasteiger partial charge < -0.3 is 19.9 Å². The standard InChI is InChI=1S/C27H35N3O4/c1-4-29(18-22-11-6-5-7-12-22)25(31)17-28-27(33)23-13-15-24(16-14-23)34-19-26(32)30-20(2)9-8-10-21(30)3/h5-7,11-16,20-21H,4,8-10,17-19H2,1-3H3,(H,28,33). The summed E-state index contributed by atoms with van der Waals surface area (Å²) in [5.74, 6) is 0.0383. The van der Waals surface area contributed by atoms with E-state index < -0.39 is 0 Å². The number of nitrogens with one attached hydrogen (secondary N) is 1. The lowest BCUT2D eigenvalue weighted by Crippen LogP contribution is -2.49. The topological polar surface area (TPSA) is 79.0 Å². The van der Waals surface area contributed by atoms with E-state index in [1.54, 1.807) is 29.2 Å². The third kappa shape index (κ3) is 6.83. The van der Waals surface area contributed by atoms with Gasteiger partial charge in [-0.05, 0) is 69.9 Å². The molecule has 3 amide bonds. The molecular formula is C27H35N3O4. The van der Waals surface area contributed by atoms with Crippen molar-refractivity contribution in [3.63, 3.8) is 0 Å². The number of benzene rings is 2. The second-order valence-corrected chi connectivity index (χ2v) is 8.82. The maximum atomic E-state index is 12.6. The SMILES string of the molecule is CCN(Cc1ccccc1)C(=O)CNC(=O)c1ccc(OCC(=O)N2C(C)CCCC2C)cc1. The number of hydrogen-bond donors (Lipinski definition) is 1. The van der Waals surface area contributed by atoms with Crippen molar-refractivity contribution in [1.29, 1.82) is 0 Å². The van der Waals surface area contributed by atoms with E-state index in [0.29, 0.717) is 24.4 Å². The lowest BCUT2D eigenvalue weighted by atomic mass is 9.97. The summed E-state index contributed by atoms with van der Waals surface area (Å²) in [4.78, 5) is 41.3. The van der Waals surface area contributed by atoms with Crippen LogP contribution in [0.2, 0.25) is 0 Å². The number of carbonyl (C=O) groups excluding carboxylic acids is 3. The number of ether oxygens (including phenoxy) is 1. The highest BCUT2D eigenvalue weighted by Gasteiger charge is 2.29. The maximum Gasteiger partial charge on any atom is 0.260 e. The van der Waals surface area contributed by atoms with Crippen LogP contribution >= 0.6 is 0 Å². The molecular weight excluding hydrogens is 430 g/mol. The van der Waals surface area contributed by atoms with Gasteiger partial charge in [-0.25, -0.2) is 0 Å². The Labute approximate surface area is 202 Å². The predicted molar refractivity (Wildman–Crippen MR) is 131 cm³/mol. The van der Waals surface area contributed by atoms with E-state index in [0.717, 1.165) is 24.8 Å². The Hall–Kier alpha value is -3.35. The van der Waals surface area contributed by atoms with Gasteiger partial charge in [-0.3, -0.25) is 14.4 Å². The lowest BCUT2D eigenvalue weighted by molar-refractivity contribution is -0.139. The van der Waals surface area contributed by atoms with E-state index in [2.05, 4.69) is 19.2 Å². The monoisotopic (exact) mass is 465 g/mol. The molecule has 0 aliphatic carbocycles. The van der Waals surface area contributed by atoms with Gasteiger partial charge in [0.25, 0.3) is 11.8 Å². The number of piperidine rings is 1. The van der Waals surface area contributed by atoms with Gasteiger partial charge in [0.1, 0.15) is 5.75 Å². The number of amides is 3. The molecule has 1 aliphatic rings. The van der Waals surface area contributed by atoms with Crippen molar-refractivity contribution in [3.05, 3.63) is 65.7 Å². The van der Waals surface area contributed by atoms with Crippen molar-refractivity contribution in [1.82, 2.24) is 15.1 Å². The highest BCUT2D eigenvalue weighted by molar-refractivity contribution is 5.96. The van der Waals surface area contributed by atoms with Gasteiger partial charge in [0, 0.05) is 30.7 Å². The number of nitrogens with zero attached hydrogens (tertiary/aromatic N) is 2. The van der Waals surface area contributed by atoms with E-state index in [4.69, 9.17) is 4.74 Å². The normalized spacial score (nSPS) is 17.7. The maximum absolute atomic E-state index is 12.6. The van der Waals surface area contributed by atoms with E-state index >= 15 is 0 Å². The number of rotatable bonds is 9. The second-order valence-electron chi connectivity index (χ2n) is 8.82. The molecule has 0 aromatic heterocycles. The fourth-order valence-electron chi connectivity index (χ4n) is 4.38. The van der Waals surface area contributed by atoms with Gasteiger partial charge in [0.15, 0.2) is 6.61 Å². The van der Waals surface area contributed by atoms with Crippen LogP contribution in [0.4, 0.5) is 0 Å². The third-order valence-corrected chi connectivity index (χ3v) is 6.31. The molecule has 2 unspecified atom stereocenters. The summed E-state index contributed by atoms with van der Waals surface area (Å²) in [7, 11) is 0. The molecule has 0 saturated carbocycles. The highest BCUT2D eigenvalue weighted by atomic mass is 16.5. The van der Waals surface area contributed by atoms with E-state index in [1.165, 1.54) is 0 Å². The molecule has 1 saturated heterocycles. The molecule has 1 heterocycles. The number of carbonyl (C=O) groups is 3. The Morgan fingerprint density at radius 3 is 2.26 bits per heavy atom. The molecule has 7 nitrogen and oxygen atoms in total. The van der Waals surface area contributed by atoms with Crippen molar-refractivity contribution in [2.45, 2.75) is 58.7 Å². The zero-order valence-corrected chi connectivity index (χ0v) is 20.3. The molecule has 0 spiro atoms. The Morgan fingerprint density at radius 1 is 1.00 bits per heavy atom. The van der Waals surface area contributed by atoms with Gasteiger partial charge in [0.05, 0.1) is 6.54 Å². The van der Waals surface area contributed by atoms with Gasteiger partial charge in [-0.2, -0.15) is 0 Å². The molecule has 182 valence electrons. The van der Waals surface area contributed by atoms with Crippen LogP contribution < -0.4 is 10.1 Å². The third-order valence-electron chi connectivity index (χ3n) is 6.31. The summed E-state index contributed by atoms with van der Waals surface area (Å²) < 4.78 is 5.67. The molecule has 2 aromatic rings. The minimum atomic E-state index is -0.331. The summed E-state index contributed by atoms with van der Waals surface area (Å²) in [6.07, 6.45) is 3.18. The predicted octanol–water partition coefficient (Wildman–Crippen LogP) is 3.63. The minimum Gasteiger partial charge on any atom is -0.484 e. The fourth-order valence-corrected chi connectivity index (χ4v) is 4.38. The molecule has 2 atom stereocenters. The summed E-state index contributed by atoms with van der Waals surface area (Å²) in [6.45, 7) is 7.04. The summed E-state index contributed by atoms with van der Waals surface area (Å²) >= 11 is 0. The Bertz CT molecular complexity index is 952. The molecule has 1 N–H and O–H groups in total. The highest BCUT2D eigenvalue weighted by Crippen LogP contribution is 2.23. The minimum absolute atomic E-state index is 0.0176. The first-order valence-corrected chi connectivity index (χ1v) is 12.0. The molecule has 34 heavy (non-hydrogen) atoms. The molecule has 2 aromatic carbocycles. The van der Waals surface area contributed by atoms with Crippen molar-refractivity contribution < 1.29 is 19.1 Å². The average molecular weight is 466 g/mol. The second kappa shape index (κ2) is 12.2. The summed E-state index contributed by atoms with van der Waals surface area (Å²) in [5, 5.41) is 2.69. The molecule has 3 rings (SSSR count). The van der Waals surface area contributed by atoms with Gasteiger partial charge >= 0.3 is 0 Å². The summed E-state index contributed by atoms with van der Waals surface area (Å²) in [6, 6.07) is 16.8. The first kappa shape index (κ1) is 25.3. The largest absolute Gasteiger partial charge is 0.484 e. The van der Waals surface area contributed by atoms with Crippen LogP contribution in [0.5, 0.6) is 5.75 Å². The van der Waals surface area contributed by atoms with Crippen LogP contribution in [0.15, 0.2) is 54.6 Å². The molecule has 1 fully saturated rings. The van der Waals surface area contributed by atoms with Crippen LogP contribution in [0.3, 0.4) is 0 Å². The van der Waals surface area contributed by atoms with E-state index in [1.807, 2.05) is 42.2 Å². The zero-order chi connectivity index (χ0) is 24.5. The van der Waals surface area contributed by atoms with Gasteiger partial charge in [-0.1, -0.05) is 30.3 Å². The number of likely N-dealkylation sites (N-methyl/N-ethyl adjacent to an activating group) is 1. The van der Waals surface area contributed by atoms with Crippen molar-refractivity contribution in [2.24, 2.45) is 0 Å². The first-order valence-electron chi connectivity index (χ1n) is 12.0. The van der Waals surface area contributed by atoms with Crippen LogP contribution in [-0.4, -0.2) is 59.3 Å². The molecule has 0 radical (unpaired) electrons. The van der Waals surface area contributed by atoms with Crippen LogP contribution in [0.25, 0.3) is 0 Å². The van der Waals surface area contributed by atoms with E-state index in [9.17, 15) is 14.4 Å². The van der Waals surface area contributed by atoms with Crippen LogP contribution in [0, 0.1) is 0 Å². The lowest BCUT2D eigenvalue weighted by Gasteiger charge is -2.38. The van der Waals surface area contributed by atoms with E-state index in [-0.39, 0.29) is 43.0 Å². The molecule has 7 heteroatoms. The van der Waals surface area contributed by atoms with Crippen LogP contribution in [0.1, 0.15) is 56.0 Å². The zero-order valence-electron chi connectivity index (χ0n) is 20.3. The van der Waals surface area contributed by atoms with Crippen molar-refractivity contribution in [2.75, 3.05) is 19.7 Å². The Balaban J connectivity index is 1.47. The average Bonchev–Trinajstić information content (AvgIpc) is 2.85. The van der Waals surface area contributed by atoms with Gasteiger partial charge in [-0.15, -0.1) is 0 Å².